The van der Waals surface area contributed by atoms with Gasteiger partial charge in [-0.1, -0.05) is 18.2 Å². The maximum Gasteiger partial charge on any atom is 0.0589 e. The minimum absolute atomic E-state index is 0.761. The van der Waals surface area contributed by atoms with E-state index in [1.54, 1.807) is 7.11 Å². The Hall–Kier alpha value is -1.32. The fourth-order valence-electron chi connectivity index (χ4n) is 3.30. The van der Waals surface area contributed by atoms with E-state index in [1.807, 2.05) is 0 Å². The van der Waals surface area contributed by atoms with Crippen LogP contribution < -0.4 is 0 Å². The number of piperidine rings is 1. The third-order valence-electron chi connectivity index (χ3n) is 4.35. The summed E-state index contributed by atoms with van der Waals surface area (Å²) in [5.74, 6) is 0.761. The lowest BCUT2D eigenvalue weighted by Gasteiger charge is -2.32. The summed E-state index contributed by atoms with van der Waals surface area (Å²) in [6, 6.07) is 10.9. The zero-order valence-corrected chi connectivity index (χ0v) is 12.3. The molecule has 0 bridgehead atoms. The van der Waals surface area contributed by atoms with E-state index in [9.17, 15) is 0 Å². The molecular weight excluding hydrogens is 248 g/mol. The predicted molar refractivity (Wildman–Crippen MR) is 83.0 cm³/mol. The van der Waals surface area contributed by atoms with Gasteiger partial charge in [-0.2, -0.15) is 0 Å². The molecule has 0 aliphatic carbocycles. The minimum atomic E-state index is 0.761. The maximum absolute atomic E-state index is 5.20. The van der Waals surface area contributed by atoms with Crippen LogP contribution in [0.5, 0.6) is 0 Å². The van der Waals surface area contributed by atoms with Gasteiger partial charge >= 0.3 is 0 Å². The van der Waals surface area contributed by atoms with Crippen molar-refractivity contribution < 1.29 is 4.74 Å². The van der Waals surface area contributed by atoms with Crippen LogP contribution in [0.25, 0.3) is 10.9 Å². The molecule has 1 fully saturated rings. The first-order valence-electron chi connectivity index (χ1n) is 7.62. The molecule has 1 atom stereocenters. The van der Waals surface area contributed by atoms with Crippen molar-refractivity contribution in [3.05, 3.63) is 36.5 Å². The van der Waals surface area contributed by atoms with Crippen LogP contribution in [0.3, 0.4) is 0 Å². The van der Waals surface area contributed by atoms with E-state index in [0.717, 1.165) is 25.6 Å². The van der Waals surface area contributed by atoms with E-state index in [4.69, 9.17) is 4.74 Å². The molecule has 1 aliphatic heterocycles. The molecule has 0 N–H and O–H groups in total. The normalized spacial score (nSPS) is 20.6. The van der Waals surface area contributed by atoms with E-state index in [0.29, 0.717) is 0 Å². The van der Waals surface area contributed by atoms with Gasteiger partial charge < -0.3 is 14.2 Å². The van der Waals surface area contributed by atoms with Gasteiger partial charge in [-0.05, 0) is 42.8 Å². The van der Waals surface area contributed by atoms with E-state index in [-0.39, 0.29) is 0 Å². The molecule has 2 heterocycles. The van der Waals surface area contributed by atoms with Gasteiger partial charge in [0, 0.05) is 38.5 Å². The van der Waals surface area contributed by atoms with Gasteiger partial charge in [0.15, 0.2) is 0 Å². The van der Waals surface area contributed by atoms with E-state index < -0.39 is 0 Å². The van der Waals surface area contributed by atoms with Crippen molar-refractivity contribution in [2.24, 2.45) is 5.92 Å². The molecule has 0 saturated carbocycles. The number of nitrogens with zero attached hydrogens (tertiary/aromatic N) is 2. The van der Waals surface area contributed by atoms with Crippen molar-refractivity contribution in [3.8, 4) is 0 Å². The summed E-state index contributed by atoms with van der Waals surface area (Å²) in [5, 5.41) is 1.35. The van der Waals surface area contributed by atoms with Crippen LogP contribution in [-0.2, 0) is 11.3 Å². The predicted octanol–water partition coefficient (Wildman–Crippen LogP) is 3.00. The topological polar surface area (TPSA) is 17.4 Å². The molecule has 20 heavy (non-hydrogen) atoms. The molecule has 3 nitrogen and oxygen atoms in total. The maximum atomic E-state index is 5.20. The lowest BCUT2D eigenvalue weighted by molar-refractivity contribution is 0.110. The summed E-state index contributed by atoms with van der Waals surface area (Å²) in [5.41, 5.74) is 1.36. The molecule has 3 heteroatoms. The van der Waals surface area contributed by atoms with Crippen LogP contribution in [0.1, 0.15) is 12.8 Å². The van der Waals surface area contributed by atoms with Crippen molar-refractivity contribution in [3.63, 3.8) is 0 Å². The van der Waals surface area contributed by atoms with Crippen LogP contribution >= 0.6 is 0 Å². The van der Waals surface area contributed by atoms with Gasteiger partial charge in [0.25, 0.3) is 0 Å². The molecule has 0 radical (unpaired) electrons. The average molecular weight is 272 g/mol. The number of ether oxygens (including phenoxy) is 1. The molecule has 1 aromatic carbocycles. The van der Waals surface area contributed by atoms with Crippen molar-refractivity contribution in [1.82, 2.24) is 9.47 Å². The lowest BCUT2D eigenvalue weighted by atomic mass is 9.98. The molecule has 0 spiro atoms. The Balaban J connectivity index is 1.65. The smallest absolute Gasteiger partial charge is 0.0589 e. The van der Waals surface area contributed by atoms with Gasteiger partial charge in [0.1, 0.15) is 0 Å². The van der Waals surface area contributed by atoms with Crippen LogP contribution in [0.4, 0.5) is 0 Å². The SMILES string of the molecule is COCCN1CCCC(Cn2ccc3ccccc32)C1. The first kappa shape index (κ1) is 13.7. The van der Waals surface area contributed by atoms with Gasteiger partial charge in [-0.3, -0.25) is 0 Å². The van der Waals surface area contributed by atoms with Crippen molar-refractivity contribution in [2.75, 3.05) is 33.4 Å². The van der Waals surface area contributed by atoms with Crippen molar-refractivity contribution >= 4 is 10.9 Å². The summed E-state index contributed by atoms with van der Waals surface area (Å²) in [6.45, 7) is 5.48. The first-order chi connectivity index (χ1) is 9.86. The molecular formula is C17H24N2O. The van der Waals surface area contributed by atoms with E-state index in [2.05, 4.69) is 46.0 Å². The standard InChI is InChI=1S/C17H24N2O/c1-20-12-11-18-9-4-5-15(13-18)14-19-10-8-16-6-2-3-7-17(16)19/h2-3,6-8,10,15H,4-5,9,11-14H2,1H3. The highest BCUT2D eigenvalue weighted by molar-refractivity contribution is 5.79. The van der Waals surface area contributed by atoms with Crippen LogP contribution in [0, 0.1) is 5.92 Å². The zero-order chi connectivity index (χ0) is 13.8. The third-order valence-corrected chi connectivity index (χ3v) is 4.35. The fourth-order valence-corrected chi connectivity index (χ4v) is 3.30. The molecule has 2 aromatic rings. The first-order valence-corrected chi connectivity index (χ1v) is 7.62. The summed E-state index contributed by atoms with van der Waals surface area (Å²) in [7, 11) is 1.79. The molecule has 1 aliphatic rings. The minimum Gasteiger partial charge on any atom is -0.383 e. The average Bonchev–Trinajstić information content (AvgIpc) is 2.89. The number of likely N-dealkylation sites (tertiary alicyclic amines) is 1. The van der Waals surface area contributed by atoms with Crippen LogP contribution in [0.15, 0.2) is 36.5 Å². The Bertz CT molecular complexity index is 549. The van der Waals surface area contributed by atoms with Gasteiger partial charge in [-0.15, -0.1) is 0 Å². The van der Waals surface area contributed by atoms with Crippen LogP contribution in [-0.4, -0.2) is 42.8 Å². The third kappa shape index (κ3) is 3.05. The second kappa shape index (κ2) is 6.42. The summed E-state index contributed by atoms with van der Waals surface area (Å²) < 4.78 is 7.61. The highest BCUT2D eigenvalue weighted by Gasteiger charge is 2.20. The second-order valence-corrected chi connectivity index (χ2v) is 5.83. The van der Waals surface area contributed by atoms with Gasteiger partial charge in [0.05, 0.1) is 6.61 Å². The van der Waals surface area contributed by atoms with Gasteiger partial charge in [0.2, 0.25) is 0 Å². The highest BCUT2D eigenvalue weighted by Crippen LogP contribution is 2.22. The quantitative estimate of drug-likeness (QED) is 0.832. The van der Waals surface area contributed by atoms with Crippen molar-refractivity contribution in [1.29, 1.82) is 0 Å². The Morgan fingerprint density at radius 1 is 1.25 bits per heavy atom. The Morgan fingerprint density at radius 2 is 2.15 bits per heavy atom. The number of aromatic nitrogens is 1. The number of fused-ring (bicyclic) bond motifs is 1. The Labute approximate surface area is 121 Å². The number of methoxy groups -OCH3 is 1. The number of rotatable bonds is 5. The zero-order valence-electron chi connectivity index (χ0n) is 12.3. The van der Waals surface area contributed by atoms with Crippen molar-refractivity contribution in [2.45, 2.75) is 19.4 Å². The number of hydrogen-bond acceptors (Lipinski definition) is 2. The fraction of sp³-hybridized carbons (Fsp3) is 0.529. The number of hydrogen-bond donors (Lipinski definition) is 0. The summed E-state index contributed by atoms with van der Waals surface area (Å²) in [4.78, 5) is 2.54. The Morgan fingerprint density at radius 3 is 3.05 bits per heavy atom. The summed E-state index contributed by atoms with van der Waals surface area (Å²) in [6.07, 6.45) is 4.89. The molecule has 1 saturated heterocycles. The van der Waals surface area contributed by atoms with Crippen LogP contribution in [0.2, 0.25) is 0 Å². The van der Waals surface area contributed by atoms with E-state index in [1.165, 1.54) is 36.8 Å². The molecule has 3 rings (SSSR count). The Kier molecular flexibility index (Phi) is 4.38. The monoisotopic (exact) mass is 272 g/mol. The molecule has 1 unspecified atom stereocenters. The lowest BCUT2D eigenvalue weighted by Crippen LogP contribution is -2.38. The molecule has 0 amide bonds. The second-order valence-electron chi connectivity index (χ2n) is 5.83. The largest absolute Gasteiger partial charge is 0.383 e. The number of benzene rings is 1. The summed E-state index contributed by atoms with van der Waals surface area (Å²) >= 11 is 0. The molecule has 1 aromatic heterocycles. The van der Waals surface area contributed by atoms with Gasteiger partial charge in [-0.25, -0.2) is 0 Å². The number of para-hydroxylation sites is 1. The molecule has 108 valence electrons. The highest BCUT2D eigenvalue weighted by atomic mass is 16.5. The van der Waals surface area contributed by atoms with E-state index >= 15 is 0 Å².